The minimum Gasteiger partial charge on any atom is -0.485 e. The number of halogens is 1. The number of pyridine rings is 1. The summed E-state index contributed by atoms with van der Waals surface area (Å²) in [5.41, 5.74) is 1.94. The molecule has 7 heteroatoms. The van der Waals surface area contributed by atoms with E-state index >= 15 is 0 Å². The average molecular weight is 354 g/mol. The van der Waals surface area contributed by atoms with Crippen molar-refractivity contribution in [3.05, 3.63) is 39.9 Å². The van der Waals surface area contributed by atoms with E-state index in [-0.39, 0.29) is 17.9 Å². The molecule has 2 aromatic rings. The largest absolute Gasteiger partial charge is 0.485 e. The third kappa shape index (κ3) is 3.24. The Hall–Kier alpha value is -1.89. The molecule has 0 aliphatic carbocycles. The highest BCUT2D eigenvalue weighted by atomic mass is 79.9. The van der Waals surface area contributed by atoms with Gasteiger partial charge in [-0.25, -0.2) is 4.79 Å². The predicted molar refractivity (Wildman–Crippen MR) is 80.5 cm³/mol. The lowest BCUT2D eigenvalue weighted by atomic mass is 10.2. The van der Waals surface area contributed by atoms with Gasteiger partial charge in [0, 0.05) is 12.7 Å². The van der Waals surface area contributed by atoms with Gasteiger partial charge in [0.2, 0.25) is 0 Å². The van der Waals surface area contributed by atoms with Gasteiger partial charge in [0.15, 0.2) is 5.75 Å². The lowest BCUT2D eigenvalue weighted by Gasteiger charge is -2.10. The number of hydrogen-bond acceptors (Lipinski definition) is 4. The summed E-state index contributed by atoms with van der Waals surface area (Å²) >= 11 is 3.53. The Labute approximate surface area is 130 Å². The lowest BCUT2D eigenvalue weighted by Crippen LogP contribution is -2.09. The van der Waals surface area contributed by atoms with Crippen molar-refractivity contribution in [2.45, 2.75) is 33.4 Å². The summed E-state index contributed by atoms with van der Waals surface area (Å²) in [6, 6.07) is 1.42. The molecular formula is C14H16BrN3O3. The van der Waals surface area contributed by atoms with E-state index in [1.165, 1.54) is 18.5 Å². The molecule has 0 radical (unpaired) electrons. The molecule has 0 saturated carbocycles. The van der Waals surface area contributed by atoms with Crippen LogP contribution in [0, 0.1) is 0 Å². The van der Waals surface area contributed by atoms with Gasteiger partial charge in [0.1, 0.15) is 12.2 Å². The van der Waals surface area contributed by atoms with E-state index in [0.717, 1.165) is 28.8 Å². The van der Waals surface area contributed by atoms with Crippen LogP contribution >= 0.6 is 15.9 Å². The fourth-order valence-corrected chi connectivity index (χ4v) is 2.65. The number of aryl methyl sites for hydroxylation is 2. The van der Waals surface area contributed by atoms with Crippen molar-refractivity contribution in [2.24, 2.45) is 0 Å². The van der Waals surface area contributed by atoms with Gasteiger partial charge in [-0.05, 0) is 35.3 Å². The molecule has 0 aliphatic heterocycles. The van der Waals surface area contributed by atoms with Gasteiger partial charge in [0.25, 0.3) is 0 Å². The molecule has 0 fully saturated rings. The zero-order chi connectivity index (χ0) is 15.4. The van der Waals surface area contributed by atoms with E-state index in [4.69, 9.17) is 9.84 Å². The van der Waals surface area contributed by atoms with Gasteiger partial charge in [-0.2, -0.15) is 5.10 Å². The Bertz CT molecular complexity index is 655. The van der Waals surface area contributed by atoms with Gasteiger partial charge in [-0.3, -0.25) is 9.67 Å². The molecule has 21 heavy (non-hydrogen) atoms. The first-order chi connectivity index (χ1) is 10.1. The Kier molecular flexibility index (Phi) is 4.95. The summed E-state index contributed by atoms with van der Waals surface area (Å²) in [4.78, 5) is 15.0. The van der Waals surface area contributed by atoms with E-state index in [1.807, 2.05) is 18.5 Å². The molecule has 112 valence electrons. The summed E-state index contributed by atoms with van der Waals surface area (Å²) in [7, 11) is 0. The highest BCUT2D eigenvalue weighted by Gasteiger charge is 2.16. The number of aromatic nitrogens is 3. The van der Waals surface area contributed by atoms with E-state index in [2.05, 4.69) is 26.0 Å². The Morgan fingerprint density at radius 1 is 1.48 bits per heavy atom. The fraction of sp³-hybridized carbons (Fsp3) is 0.357. The molecule has 1 N–H and O–H groups in total. The first-order valence-electron chi connectivity index (χ1n) is 6.62. The molecule has 0 atom stereocenters. The maximum atomic E-state index is 11.1. The molecule has 0 unspecified atom stereocenters. The van der Waals surface area contributed by atoms with Crippen LogP contribution in [-0.4, -0.2) is 25.8 Å². The summed E-state index contributed by atoms with van der Waals surface area (Å²) < 4.78 is 8.39. The van der Waals surface area contributed by atoms with E-state index in [0.29, 0.717) is 0 Å². The molecule has 2 rings (SSSR count). The number of aromatic carboxylic acids is 1. The number of hydrogen-bond donors (Lipinski definition) is 1. The molecule has 0 amide bonds. The number of carbonyl (C=O) groups is 1. The molecule has 6 nitrogen and oxygen atoms in total. The number of carboxylic acid groups (broad SMARTS) is 1. The molecular weight excluding hydrogens is 338 g/mol. The zero-order valence-electron chi connectivity index (χ0n) is 11.8. The first kappa shape index (κ1) is 15.5. The fourth-order valence-electron chi connectivity index (χ4n) is 1.97. The second-order valence-corrected chi connectivity index (χ2v) is 5.14. The van der Waals surface area contributed by atoms with Crippen LogP contribution in [0.1, 0.15) is 35.6 Å². The zero-order valence-corrected chi connectivity index (χ0v) is 13.4. The van der Waals surface area contributed by atoms with Crippen LogP contribution in [0.5, 0.6) is 5.75 Å². The summed E-state index contributed by atoms with van der Waals surface area (Å²) in [5, 5.41) is 13.6. The topological polar surface area (TPSA) is 77.2 Å². The average Bonchev–Trinajstić information content (AvgIpc) is 2.80. The summed E-state index contributed by atoms with van der Waals surface area (Å²) in [6.07, 6.45) is 3.65. The van der Waals surface area contributed by atoms with Crippen molar-refractivity contribution < 1.29 is 14.6 Å². The smallest absolute Gasteiger partial charge is 0.339 e. The highest BCUT2D eigenvalue weighted by molar-refractivity contribution is 9.10. The third-order valence-electron chi connectivity index (χ3n) is 3.07. The Morgan fingerprint density at radius 2 is 2.24 bits per heavy atom. The van der Waals surface area contributed by atoms with E-state index in [1.54, 1.807) is 0 Å². The number of rotatable bonds is 6. The first-order valence-corrected chi connectivity index (χ1v) is 7.41. The number of nitrogens with zero attached hydrogens (tertiary/aromatic N) is 3. The van der Waals surface area contributed by atoms with Crippen molar-refractivity contribution in [3.63, 3.8) is 0 Å². The summed E-state index contributed by atoms with van der Waals surface area (Å²) in [5.74, 6) is -0.788. The molecule has 0 saturated heterocycles. The van der Waals surface area contributed by atoms with E-state index in [9.17, 15) is 4.79 Å². The maximum absolute atomic E-state index is 11.1. The van der Waals surface area contributed by atoms with Crippen LogP contribution in [0.2, 0.25) is 0 Å². The molecule has 2 aromatic heterocycles. The van der Waals surface area contributed by atoms with Crippen molar-refractivity contribution in [1.82, 2.24) is 14.8 Å². The van der Waals surface area contributed by atoms with Crippen molar-refractivity contribution in [1.29, 1.82) is 0 Å². The molecule has 0 bridgehead atoms. The Balaban J connectivity index is 2.25. The molecule has 0 spiro atoms. The van der Waals surface area contributed by atoms with Gasteiger partial charge < -0.3 is 9.84 Å². The van der Waals surface area contributed by atoms with Gasteiger partial charge in [-0.1, -0.05) is 6.92 Å². The lowest BCUT2D eigenvalue weighted by molar-refractivity contribution is 0.0691. The molecule has 0 aliphatic rings. The van der Waals surface area contributed by atoms with E-state index < -0.39 is 5.97 Å². The van der Waals surface area contributed by atoms with Gasteiger partial charge in [0.05, 0.1) is 22.1 Å². The van der Waals surface area contributed by atoms with Crippen molar-refractivity contribution in [3.8, 4) is 5.75 Å². The van der Waals surface area contributed by atoms with Crippen molar-refractivity contribution >= 4 is 21.9 Å². The van der Waals surface area contributed by atoms with Gasteiger partial charge >= 0.3 is 5.97 Å². The van der Waals surface area contributed by atoms with Crippen molar-refractivity contribution in [2.75, 3.05) is 0 Å². The number of ether oxygens (including phenoxy) is 1. The highest BCUT2D eigenvalue weighted by Crippen LogP contribution is 2.25. The normalized spacial score (nSPS) is 10.6. The minimum atomic E-state index is -1.04. The molecule has 2 heterocycles. The number of carboxylic acids is 1. The quantitative estimate of drug-likeness (QED) is 0.863. The van der Waals surface area contributed by atoms with Gasteiger partial charge in [-0.15, -0.1) is 0 Å². The van der Waals surface area contributed by atoms with Crippen LogP contribution in [0.3, 0.4) is 0 Å². The SMILES string of the molecule is CCc1nn(CC)c(COc2cnccc2C(=O)O)c1Br. The van der Waals surface area contributed by atoms with Crippen LogP contribution in [0.25, 0.3) is 0 Å². The van der Waals surface area contributed by atoms with Crippen LogP contribution in [-0.2, 0) is 19.6 Å². The monoisotopic (exact) mass is 353 g/mol. The molecule has 0 aromatic carbocycles. The summed E-state index contributed by atoms with van der Waals surface area (Å²) in [6.45, 7) is 4.97. The third-order valence-corrected chi connectivity index (χ3v) is 3.99. The van der Waals surface area contributed by atoms with Crippen LogP contribution in [0.15, 0.2) is 22.9 Å². The predicted octanol–water partition coefficient (Wildman–Crippen LogP) is 2.90. The maximum Gasteiger partial charge on any atom is 0.339 e. The van der Waals surface area contributed by atoms with Crippen LogP contribution < -0.4 is 4.74 Å². The second-order valence-electron chi connectivity index (χ2n) is 4.34. The standard InChI is InChI=1S/C14H16BrN3O3/c1-3-10-13(15)11(18(4-2)17-10)8-21-12-7-16-6-5-9(12)14(19)20/h5-7H,3-4,8H2,1-2H3,(H,19,20). The minimum absolute atomic E-state index is 0.0967. The second kappa shape index (κ2) is 6.71. The Morgan fingerprint density at radius 3 is 2.86 bits per heavy atom. The van der Waals surface area contributed by atoms with Crippen LogP contribution in [0.4, 0.5) is 0 Å².